The Balaban J connectivity index is 3.79. The van der Waals surface area contributed by atoms with Crippen molar-refractivity contribution in [2.75, 3.05) is 5.75 Å². The highest BCUT2D eigenvalue weighted by Gasteiger charge is 2.14. The highest BCUT2D eigenvalue weighted by atomic mass is 32.1. The van der Waals surface area contributed by atoms with E-state index in [-0.39, 0.29) is 12.1 Å². The van der Waals surface area contributed by atoms with Crippen molar-refractivity contribution in [1.82, 2.24) is 0 Å². The molecule has 0 saturated heterocycles. The molecule has 0 rings (SSSR count). The maximum atomic E-state index is 12.3. The lowest BCUT2D eigenvalue weighted by Gasteiger charge is -2.18. The molecule has 0 aliphatic heterocycles. The number of esters is 1. The maximum Gasteiger partial charge on any atom is 0.306 e. The molecule has 0 amide bonds. The minimum absolute atomic E-state index is 0.0113. The lowest BCUT2D eigenvalue weighted by Crippen LogP contribution is -2.18. The van der Waals surface area contributed by atoms with Crippen LogP contribution in [-0.2, 0) is 9.53 Å². The molecule has 0 aromatic carbocycles. The minimum atomic E-state index is -0.0113. The summed E-state index contributed by atoms with van der Waals surface area (Å²) in [6.07, 6.45) is 46.5. The van der Waals surface area contributed by atoms with Gasteiger partial charge in [-0.25, -0.2) is 0 Å². The summed E-state index contributed by atoms with van der Waals surface area (Å²) < 4.78 is 5.91. The molecule has 0 spiro atoms. The predicted octanol–water partition coefficient (Wildman–Crippen LogP) is 13.9. The van der Waals surface area contributed by atoms with Crippen LogP contribution in [0.25, 0.3) is 0 Å². The van der Waals surface area contributed by atoms with Crippen LogP contribution in [0.15, 0.2) is 12.2 Å². The quantitative estimate of drug-likeness (QED) is 0.0335. The number of carbonyl (C=O) groups excluding carboxylic acids is 1. The van der Waals surface area contributed by atoms with Crippen molar-refractivity contribution in [3.05, 3.63) is 12.2 Å². The molecule has 0 N–H and O–H groups in total. The van der Waals surface area contributed by atoms with Gasteiger partial charge in [-0.05, 0) is 63.5 Å². The molecule has 42 heavy (non-hydrogen) atoms. The molecule has 0 aliphatic carbocycles. The first-order chi connectivity index (χ1) is 20.7. The monoisotopic (exact) mass is 609 g/mol. The van der Waals surface area contributed by atoms with Crippen LogP contribution in [0, 0.1) is 0 Å². The summed E-state index contributed by atoms with van der Waals surface area (Å²) in [5.41, 5.74) is 0. The topological polar surface area (TPSA) is 26.3 Å². The highest BCUT2D eigenvalue weighted by Crippen LogP contribution is 2.19. The number of rotatable bonds is 35. The molecule has 250 valence electrons. The average molecular weight is 609 g/mol. The van der Waals surface area contributed by atoms with Crippen molar-refractivity contribution in [3.8, 4) is 0 Å². The van der Waals surface area contributed by atoms with Gasteiger partial charge in [-0.1, -0.05) is 167 Å². The Morgan fingerprint density at radius 1 is 0.500 bits per heavy atom. The van der Waals surface area contributed by atoms with E-state index in [2.05, 4.69) is 38.6 Å². The second kappa shape index (κ2) is 36.8. The van der Waals surface area contributed by atoms with Gasteiger partial charge in [0.15, 0.2) is 0 Å². The SMILES string of the molecule is CCCCCCCC/C=C\CCCCCCCC(CCCCCCCCCCCCCCCCC)OC(=O)CCCS. The molecule has 0 fully saturated rings. The highest BCUT2D eigenvalue weighted by molar-refractivity contribution is 7.80. The molecule has 1 atom stereocenters. The van der Waals surface area contributed by atoms with Gasteiger partial charge in [0.25, 0.3) is 0 Å². The zero-order chi connectivity index (χ0) is 30.6. The van der Waals surface area contributed by atoms with Crippen LogP contribution >= 0.6 is 12.6 Å². The number of ether oxygens (including phenoxy) is 1. The molecule has 0 aromatic rings. The van der Waals surface area contributed by atoms with Crippen LogP contribution in [0.5, 0.6) is 0 Å². The zero-order valence-electron chi connectivity index (χ0n) is 28.8. The summed E-state index contributed by atoms with van der Waals surface area (Å²) in [6, 6.07) is 0. The van der Waals surface area contributed by atoms with Gasteiger partial charge in [0.05, 0.1) is 0 Å². The summed E-state index contributed by atoms with van der Waals surface area (Å²) in [6.45, 7) is 4.58. The van der Waals surface area contributed by atoms with E-state index in [0.29, 0.717) is 6.42 Å². The first kappa shape index (κ1) is 41.6. The molecule has 2 nitrogen and oxygen atoms in total. The fourth-order valence-electron chi connectivity index (χ4n) is 5.92. The van der Waals surface area contributed by atoms with E-state index >= 15 is 0 Å². The normalized spacial score (nSPS) is 12.4. The van der Waals surface area contributed by atoms with E-state index in [1.54, 1.807) is 0 Å². The molecule has 3 heteroatoms. The van der Waals surface area contributed by atoms with Crippen molar-refractivity contribution >= 4 is 18.6 Å². The summed E-state index contributed by atoms with van der Waals surface area (Å²) in [4.78, 5) is 12.3. The van der Waals surface area contributed by atoms with Gasteiger partial charge >= 0.3 is 5.97 Å². The van der Waals surface area contributed by atoms with Gasteiger partial charge in [-0.15, -0.1) is 0 Å². The third-order valence-corrected chi connectivity index (χ3v) is 9.07. The third kappa shape index (κ3) is 34.1. The van der Waals surface area contributed by atoms with E-state index < -0.39 is 0 Å². The summed E-state index contributed by atoms with van der Waals surface area (Å²) in [5.74, 6) is 0.746. The molecule has 1 unspecified atom stereocenters. The standard InChI is InChI=1S/C39H76O2S/c1-3-5-7-9-11-13-15-17-19-21-23-25-27-29-31-34-38(41-39(40)36-33-37-42)35-32-30-28-26-24-22-20-18-16-14-12-10-8-6-4-2/h17,19,38,42H,3-16,18,20-37H2,1-2H3/b19-17-. The molecule has 0 heterocycles. The largest absolute Gasteiger partial charge is 0.462 e. The fourth-order valence-corrected chi connectivity index (χ4v) is 6.07. The molecule has 0 aromatic heterocycles. The number of allylic oxidation sites excluding steroid dienone is 2. The smallest absolute Gasteiger partial charge is 0.306 e. The Morgan fingerprint density at radius 2 is 0.833 bits per heavy atom. The first-order valence-corrected chi connectivity index (χ1v) is 19.8. The number of hydrogen-bond acceptors (Lipinski definition) is 3. The molecule has 0 bridgehead atoms. The Kier molecular flexibility index (Phi) is 36.4. The minimum Gasteiger partial charge on any atom is -0.462 e. The van der Waals surface area contributed by atoms with Crippen LogP contribution < -0.4 is 0 Å². The van der Waals surface area contributed by atoms with Crippen molar-refractivity contribution in [2.45, 2.75) is 225 Å². The van der Waals surface area contributed by atoms with Crippen molar-refractivity contribution in [2.24, 2.45) is 0 Å². The lowest BCUT2D eigenvalue weighted by molar-refractivity contribution is -0.149. The number of thiol groups is 1. The number of unbranched alkanes of at least 4 members (excludes halogenated alkanes) is 25. The van der Waals surface area contributed by atoms with Gasteiger partial charge in [0, 0.05) is 6.42 Å². The van der Waals surface area contributed by atoms with Crippen molar-refractivity contribution in [1.29, 1.82) is 0 Å². The maximum absolute atomic E-state index is 12.3. The molecular weight excluding hydrogens is 532 g/mol. The molecule has 0 aliphatic rings. The first-order valence-electron chi connectivity index (χ1n) is 19.2. The van der Waals surface area contributed by atoms with Gasteiger partial charge in [-0.2, -0.15) is 12.6 Å². The van der Waals surface area contributed by atoms with Gasteiger partial charge in [0.2, 0.25) is 0 Å². The fraction of sp³-hybridized carbons (Fsp3) is 0.923. The van der Waals surface area contributed by atoms with Crippen LogP contribution in [-0.4, -0.2) is 17.8 Å². The van der Waals surface area contributed by atoms with Crippen molar-refractivity contribution in [3.63, 3.8) is 0 Å². The molecule has 0 radical (unpaired) electrons. The Hall–Kier alpha value is -0.440. The second-order valence-corrected chi connectivity index (χ2v) is 13.5. The van der Waals surface area contributed by atoms with E-state index in [1.807, 2.05) is 0 Å². The second-order valence-electron chi connectivity index (χ2n) is 13.1. The van der Waals surface area contributed by atoms with Gasteiger partial charge in [0.1, 0.15) is 6.10 Å². The van der Waals surface area contributed by atoms with Crippen LogP contribution in [0.3, 0.4) is 0 Å². The van der Waals surface area contributed by atoms with Crippen LogP contribution in [0.2, 0.25) is 0 Å². The van der Waals surface area contributed by atoms with Gasteiger partial charge < -0.3 is 4.74 Å². The van der Waals surface area contributed by atoms with Crippen LogP contribution in [0.4, 0.5) is 0 Å². The summed E-state index contributed by atoms with van der Waals surface area (Å²) in [7, 11) is 0. The molecule has 0 saturated carbocycles. The number of hydrogen-bond donors (Lipinski definition) is 1. The Labute approximate surface area is 270 Å². The Bertz CT molecular complexity index is 547. The summed E-state index contributed by atoms with van der Waals surface area (Å²) >= 11 is 4.25. The zero-order valence-corrected chi connectivity index (χ0v) is 29.7. The predicted molar refractivity (Wildman–Crippen MR) is 192 cm³/mol. The molecular formula is C39H76O2S. The summed E-state index contributed by atoms with van der Waals surface area (Å²) in [5, 5.41) is 0. The average Bonchev–Trinajstić information content (AvgIpc) is 2.99. The Morgan fingerprint density at radius 3 is 1.19 bits per heavy atom. The lowest BCUT2D eigenvalue weighted by atomic mass is 10.0. The third-order valence-electron chi connectivity index (χ3n) is 8.75. The van der Waals surface area contributed by atoms with E-state index in [9.17, 15) is 4.79 Å². The van der Waals surface area contributed by atoms with Crippen molar-refractivity contribution < 1.29 is 9.53 Å². The van der Waals surface area contributed by atoms with E-state index in [1.165, 1.54) is 180 Å². The van der Waals surface area contributed by atoms with Crippen LogP contribution in [0.1, 0.15) is 219 Å². The van der Waals surface area contributed by atoms with E-state index in [0.717, 1.165) is 25.0 Å². The van der Waals surface area contributed by atoms with Gasteiger partial charge in [-0.3, -0.25) is 4.79 Å². The van der Waals surface area contributed by atoms with E-state index in [4.69, 9.17) is 4.74 Å². The number of carbonyl (C=O) groups is 1.